The minimum atomic E-state index is -0.115. The number of anilines is 1. The lowest BCUT2D eigenvalue weighted by Crippen LogP contribution is -2.19. The SMILES string of the molecule is Nc1cc(C2CC2)nc(C2CSc3ccccc3O2)n1. The highest BCUT2D eigenvalue weighted by Gasteiger charge is 2.29. The highest BCUT2D eigenvalue weighted by Crippen LogP contribution is 2.42. The summed E-state index contributed by atoms with van der Waals surface area (Å²) in [6.07, 6.45) is 2.30. The maximum Gasteiger partial charge on any atom is 0.172 e. The molecule has 0 bridgehead atoms. The Bertz CT molecular complexity index is 657. The van der Waals surface area contributed by atoms with Gasteiger partial charge in [0, 0.05) is 28.3 Å². The van der Waals surface area contributed by atoms with Gasteiger partial charge in [0.1, 0.15) is 11.6 Å². The summed E-state index contributed by atoms with van der Waals surface area (Å²) in [5.41, 5.74) is 6.98. The molecule has 2 aliphatic rings. The first-order valence-electron chi connectivity index (χ1n) is 6.82. The van der Waals surface area contributed by atoms with Crippen molar-refractivity contribution in [2.24, 2.45) is 0 Å². The van der Waals surface area contributed by atoms with Crippen LogP contribution in [0.5, 0.6) is 5.75 Å². The van der Waals surface area contributed by atoms with Crippen molar-refractivity contribution >= 4 is 17.6 Å². The Kier molecular flexibility index (Phi) is 2.80. The summed E-state index contributed by atoms with van der Waals surface area (Å²) in [7, 11) is 0. The van der Waals surface area contributed by atoms with Crippen molar-refractivity contribution in [1.82, 2.24) is 9.97 Å². The molecule has 1 aromatic heterocycles. The molecule has 0 amide bonds. The normalized spacial score (nSPS) is 21.1. The van der Waals surface area contributed by atoms with Gasteiger partial charge in [0.05, 0.1) is 0 Å². The van der Waals surface area contributed by atoms with E-state index in [1.807, 2.05) is 24.3 Å². The Balaban J connectivity index is 1.65. The van der Waals surface area contributed by atoms with Gasteiger partial charge in [-0.2, -0.15) is 0 Å². The Morgan fingerprint density at radius 3 is 2.90 bits per heavy atom. The number of nitrogens with two attached hydrogens (primary N) is 1. The van der Waals surface area contributed by atoms with E-state index in [1.165, 1.54) is 17.7 Å². The van der Waals surface area contributed by atoms with E-state index in [-0.39, 0.29) is 6.10 Å². The average Bonchev–Trinajstić information content (AvgIpc) is 3.31. The van der Waals surface area contributed by atoms with Crippen LogP contribution in [0.4, 0.5) is 5.82 Å². The summed E-state index contributed by atoms with van der Waals surface area (Å²) in [5.74, 6) is 3.57. The number of benzene rings is 1. The number of ether oxygens (including phenoxy) is 1. The Morgan fingerprint density at radius 1 is 1.20 bits per heavy atom. The summed E-state index contributed by atoms with van der Waals surface area (Å²) in [4.78, 5) is 10.2. The molecule has 2 aromatic rings. The lowest BCUT2D eigenvalue weighted by atomic mass is 10.2. The molecule has 4 nitrogen and oxygen atoms in total. The summed E-state index contributed by atoms with van der Waals surface area (Å²) in [6.45, 7) is 0. The van der Waals surface area contributed by atoms with E-state index in [2.05, 4.69) is 16.0 Å². The van der Waals surface area contributed by atoms with Crippen LogP contribution in [0, 0.1) is 0 Å². The lowest BCUT2D eigenvalue weighted by Gasteiger charge is -2.24. The van der Waals surface area contributed by atoms with Gasteiger partial charge in [0.15, 0.2) is 11.9 Å². The third kappa shape index (κ3) is 2.22. The molecule has 1 atom stereocenters. The van der Waals surface area contributed by atoms with Gasteiger partial charge in [-0.25, -0.2) is 9.97 Å². The van der Waals surface area contributed by atoms with Crippen LogP contribution < -0.4 is 10.5 Å². The molecule has 5 heteroatoms. The standard InChI is InChI=1S/C15H15N3OS/c16-14-7-10(9-5-6-9)17-15(18-14)12-8-20-13-4-2-1-3-11(13)19-12/h1-4,7,9,12H,5-6,8H2,(H2,16,17,18). The van der Waals surface area contributed by atoms with Gasteiger partial charge >= 0.3 is 0 Å². The number of fused-ring (bicyclic) bond motifs is 1. The maximum absolute atomic E-state index is 6.03. The van der Waals surface area contributed by atoms with Crippen LogP contribution in [0.2, 0.25) is 0 Å². The largest absolute Gasteiger partial charge is 0.480 e. The molecule has 20 heavy (non-hydrogen) atoms. The van der Waals surface area contributed by atoms with Crippen molar-refractivity contribution in [3.63, 3.8) is 0 Å². The third-order valence-corrected chi connectivity index (χ3v) is 4.69. The number of nitrogen functional groups attached to an aromatic ring is 1. The molecule has 2 N–H and O–H groups in total. The molecule has 0 spiro atoms. The minimum absolute atomic E-state index is 0.115. The van der Waals surface area contributed by atoms with E-state index >= 15 is 0 Å². The predicted octanol–water partition coefficient (Wildman–Crippen LogP) is 3.16. The first-order chi connectivity index (χ1) is 9.79. The number of thioether (sulfide) groups is 1. The molecule has 2 heterocycles. The second kappa shape index (κ2) is 4.66. The van der Waals surface area contributed by atoms with E-state index in [0.29, 0.717) is 17.6 Å². The lowest BCUT2D eigenvalue weighted by molar-refractivity contribution is 0.210. The van der Waals surface area contributed by atoms with Crippen molar-refractivity contribution in [3.8, 4) is 5.75 Å². The highest BCUT2D eigenvalue weighted by atomic mass is 32.2. The summed E-state index contributed by atoms with van der Waals surface area (Å²) in [6, 6.07) is 9.97. The number of hydrogen-bond acceptors (Lipinski definition) is 5. The van der Waals surface area contributed by atoms with E-state index in [0.717, 1.165) is 17.2 Å². The Labute approximate surface area is 121 Å². The van der Waals surface area contributed by atoms with Gasteiger partial charge in [-0.05, 0) is 25.0 Å². The molecular weight excluding hydrogens is 270 g/mol. The fraction of sp³-hybridized carbons (Fsp3) is 0.333. The van der Waals surface area contributed by atoms with Crippen molar-refractivity contribution in [1.29, 1.82) is 0 Å². The predicted molar refractivity (Wildman–Crippen MR) is 79.0 cm³/mol. The zero-order valence-corrected chi connectivity index (χ0v) is 11.8. The van der Waals surface area contributed by atoms with Gasteiger partial charge in [0.2, 0.25) is 0 Å². The number of hydrogen-bond donors (Lipinski definition) is 1. The van der Waals surface area contributed by atoms with E-state index in [9.17, 15) is 0 Å². The van der Waals surface area contributed by atoms with Crippen LogP contribution in [-0.2, 0) is 0 Å². The van der Waals surface area contributed by atoms with Crippen LogP contribution in [0.3, 0.4) is 0 Å². The monoisotopic (exact) mass is 285 g/mol. The van der Waals surface area contributed by atoms with Crippen LogP contribution in [0.25, 0.3) is 0 Å². The summed E-state index contributed by atoms with van der Waals surface area (Å²) >= 11 is 1.78. The molecule has 4 rings (SSSR count). The van der Waals surface area contributed by atoms with Crippen molar-refractivity contribution in [2.75, 3.05) is 11.5 Å². The molecule has 1 aromatic carbocycles. The summed E-state index contributed by atoms with van der Waals surface area (Å²) in [5, 5.41) is 0. The van der Waals surface area contributed by atoms with Crippen LogP contribution in [0.15, 0.2) is 35.2 Å². The van der Waals surface area contributed by atoms with Gasteiger partial charge in [-0.1, -0.05) is 12.1 Å². The molecule has 0 saturated heterocycles. The fourth-order valence-electron chi connectivity index (χ4n) is 2.38. The van der Waals surface area contributed by atoms with Gasteiger partial charge in [-0.15, -0.1) is 11.8 Å². The van der Waals surface area contributed by atoms with Gasteiger partial charge < -0.3 is 10.5 Å². The smallest absolute Gasteiger partial charge is 0.172 e. The fourth-order valence-corrected chi connectivity index (χ4v) is 3.37. The number of nitrogens with zero attached hydrogens (tertiary/aromatic N) is 2. The van der Waals surface area contributed by atoms with E-state index in [1.54, 1.807) is 11.8 Å². The van der Waals surface area contributed by atoms with Crippen LogP contribution in [0.1, 0.15) is 36.4 Å². The topological polar surface area (TPSA) is 61.0 Å². The minimum Gasteiger partial charge on any atom is -0.480 e. The quantitative estimate of drug-likeness (QED) is 0.918. The maximum atomic E-state index is 6.03. The zero-order valence-electron chi connectivity index (χ0n) is 11.0. The second-order valence-corrected chi connectivity index (χ2v) is 6.28. The molecule has 0 radical (unpaired) electrons. The number of para-hydroxylation sites is 1. The van der Waals surface area contributed by atoms with E-state index in [4.69, 9.17) is 10.5 Å². The van der Waals surface area contributed by atoms with E-state index < -0.39 is 0 Å². The van der Waals surface area contributed by atoms with Crippen molar-refractivity contribution in [3.05, 3.63) is 41.9 Å². The first kappa shape index (κ1) is 12.0. The van der Waals surface area contributed by atoms with Gasteiger partial charge in [0.25, 0.3) is 0 Å². The van der Waals surface area contributed by atoms with Gasteiger partial charge in [-0.3, -0.25) is 0 Å². The zero-order chi connectivity index (χ0) is 13.5. The highest BCUT2D eigenvalue weighted by molar-refractivity contribution is 7.99. The van der Waals surface area contributed by atoms with Crippen molar-refractivity contribution in [2.45, 2.75) is 29.8 Å². The second-order valence-electron chi connectivity index (χ2n) is 5.21. The van der Waals surface area contributed by atoms with Crippen molar-refractivity contribution < 1.29 is 4.74 Å². The Morgan fingerprint density at radius 2 is 2.05 bits per heavy atom. The average molecular weight is 285 g/mol. The molecule has 1 fully saturated rings. The first-order valence-corrected chi connectivity index (χ1v) is 7.81. The molecule has 1 aliphatic heterocycles. The number of aromatic nitrogens is 2. The van der Waals surface area contributed by atoms with Crippen LogP contribution >= 0.6 is 11.8 Å². The molecular formula is C15H15N3OS. The number of rotatable bonds is 2. The molecule has 1 saturated carbocycles. The summed E-state index contributed by atoms with van der Waals surface area (Å²) < 4.78 is 6.03. The molecule has 1 aliphatic carbocycles. The molecule has 102 valence electrons. The molecule has 1 unspecified atom stereocenters. The third-order valence-electron chi connectivity index (χ3n) is 3.58. The Hall–Kier alpha value is -1.75. The van der Waals surface area contributed by atoms with Crippen LogP contribution in [-0.4, -0.2) is 15.7 Å².